The Morgan fingerprint density at radius 3 is 2.16 bits per heavy atom. The monoisotopic (exact) mass is 264 g/mol. The van der Waals surface area contributed by atoms with Crippen LogP contribution in [0.1, 0.15) is 39.5 Å². The van der Waals surface area contributed by atoms with Crippen molar-refractivity contribution in [3.63, 3.8) is 0 Å². The third-order valence-corrected chi connectivity index (χ3v) is 2.99. The Morgan fingerprint density at radius 2 is 1.74 bits per heavy atom. The summed E-state index contributed by atoms with van der Waals surface area (Å²) in [4.78, 5) is 22.1. The Morgan fingerprint density at radius 1 is 1.21 bits per heavy atom. The number of anilines is 1. The molecule has 0 aliphatic rings. The molecule has 0 saturated heterocycles. The van der Waals surface area contributed by atoms with E-state index in [1.165, 1.54) is 12.1 Å². The number of nitrogens with one attached hydrogen (secondary N) is 1. The van der Waals surface area contributed by atoms with Gasteiger partial charge in [-0.2, -0.15) is 0 Å². The van der Waals surface area contributed by atoms with E-state index >= 15 is 0 Å². The number of amides is 1. The first-order chi connectivity index (χ1) is 9.08. The number of benzene rings is 1. The molecule has 1 aromatic carbocycles. The fraction of sp³-hybridized carbons (Fsp3) is 0.500. The number of carbonyl (C=O) groups is 1. The summed E-state index contributed by atoms with van der Waals surface area (Å²) in [6.07, 6.45) is 3.68. The van der Waals surface area contributed by atoms with Crippen LogP contribution >= 0.6 is 0 Å². The van der Waals surface area contributed by atoms with E-state index in [1.54, 1.807) is 12.1 Å². The maximum atomic E-state index is 12.1. The van der Waals surface area contributed by atoms with Crippen LogP contribution in [0.4, 0.5) is 11.4 Å². The smallest absolute Gasteiger partial charge is 0.269 e. The second-order valence-corrected chi connectivity index (χ2v) is 4.57. The minimum absolute atomic E-state index is 0.00227. The molecule has 0 aliphatic carbocycles. The predicted molar refractivity (Wildman–Crippen MR) is 75.0 cm³/mol. The normalized spacial score (nSPS) is 10.5. The first-order valence-corrected chi connectivity index (χ1v) is 6.63. The Kier molecular flexibility index (Phi) is 5.99. The third-order valence-electron chi connectivity index (χ3n) is 2.99. The van der Waals surface area contributed by atoms with Crippen LogP contribution in [0.3, 0.4) is 0 Å². The molecule has 1 amide bonds. The Labute approximate surface area is 113 Å². The largest absolute Gasteiger partial charge is 0.326 e. The average molecular weight is 264 g/mol. The molecule has 0 aliphatic heterocycles. The van der Waals surface area contributed by atoms with Crippen molar-refractivity contribution in [3.8, 4) is 0 Å². The highest BCUT2D eigenvalue weighted by atomic mass is 16.6. The van der Waals surface area contributed by atoms with Crippen LogP contribution in [-0.4, -0.2) is 10.8 Å². The molecule has 0 unspecified atom stereocenters. The summed E-state index contributed by atoms with van der Waals surface area (Å²) in [7, 11) is 0. The van der Waals surface area contributed by atoms with Crippen molar-refractivity contribution >= 4 is 17.3 Å². The van der Waals surface area contributed by atoms with Crippen molar-refractivity contribution in [1.29, 1.82) is 0 Å². The number of nitro benzene ring substituents is 1. The van der Waals surface area contributed by atoms with Crippen molar-refractivity contribution in [2.24, 2.45) is 5.92 Å². The van der Waals surface area contributed by atoms with Crippen LogP contribution < -0.4 is 5.32 Å². The molecule has 19 heavy (non-hydrogen) atoms. The molecule has 104 valence electrons. The lowest BCUT2D eigenvalue weighted by molar-refractivity contribution is -0.384. The van der Waals surface area contributed by atoms with Gasteiger partial charge in [-0.15, -0.1) is 0 Å². The lowest BCUT2D eigenvalue weighted by Crippen LogP contribution is -2.22. The number of nitrogens with zero attached hydrogens (tertiary/aromatic N) is 1. The van der Waals surface area contributed by atoms with E-state index in [4.69, 9.17) is 0 Å². The maximum absolute atomic E-state index is 12.1. The van der Waals surface area contributed by atoms with Gasteiger partial charge in [0.05, 0.1) is 4.92 Å². The lowest BCUT2D eigenvalue weighted by Gasteiger charge is -2.15. The molecule has 5 heteroatoms. The quantitative estimate of drug-likeness (QED) is 0.602. The van der Waals surface area contributed by atoms with Gasteiger partial charge >= 0.3 is 0 Å². The first-order valence-electron chi connectivity index (χ1n) is 6.63. The Bertz CT molecular complexity index is 423. The fourth-order valence-electron chi connectivity index (χ4n) is 2.01. The van der Waals surface area contributed by atoms with Crippen molar-refractivity contribution < 1.29 is 9.72 Å². The predicted octanol–water partition coefficient (Wildman–Crippen LogP) is 3.75. The van der Waals surface area contributed by atoms with E-state index in [2.05, 4.69) is 19.2 Å². The van der Waals surface area contributed by atoms with E-state index in [0.717, 1.165) is 25.7 Å². The summed E-state index contributed by atoms with van der Waals surface area (Å²) in [5, 5.41) is 13.3. The van der Waals surface area contributed by atoms with E-state index < -0.39 is 4.92 Å². The molecule has 0 fully saturated rings. The van der Waals surface area contributed by atoms with Crippen molar-refractivity contribution in [2.45, 2.75) is 39.5 Å². The van der Waals surface area contributed by atoms with Crippen LogP contribution in [0.25, 0.3) is 0 Å². The third kappa shape index (κ3) is 4.69. The number of hydrogen-bond donors (Lipinski definition) is 1. The molecule has 1 rings (SSSR count). The molecule has 5 nitrogen and oxygen atoms in total. The second-order valence-electron chi connectivity index (χ2n) is 4.57. The molecule has 0 bridgehead atoms. The van der Waals surface area contributed by atoms with Gasteiger partial charge in [0, 0.05) is 23.7 Å². The molecule has 0 atom stereocenters. The Balaban J connectivity index is 2.66. The first kappa shape index (κ1) is 15.1. The highest BCUT2D eigenvalue weighted by Crippen LogP contribution is 2.19. The Hall–Kier alpha value is -1.91. The second kappa shape index (κ2) is 7.51. The minimum atomic E-state index is -0.456. The standard InChI is InChI=1S/C14H20N2O3/c1-3-5-11(6-4-2)14(17)15-12-7-9-13(10-8-12)16(18)19/h7-11H,3-6H2,1-2H3,(H,15,17). The molecule has 0 aromatic heterocycles. The van der Waals surface area contributed by atoms with Crippen molar-refractivity contribution in [1.82, 2.24) is 0 Å². The van der Waals surface area contributed by atoms with Gasteiger partial charge in [0.2, 0.25) is 5.91 Å². The van der Waals surface area contributed by atoms with E-state index in [0.29, 0.717) is 5.69 Å². The van der Waals surface area contributed by atoms with Gasteiger partial charge in [0.15, 0.2) is 0 Å². The van der Waals surface area contributed by atoms with Crippen LogP contribution in [-0.2, 0) is 4.79 Å². The molecular weight excluding hydrogens is 244 g/mol. The SMILES string of the molecule is CCCC(CCC)C(=O)Nc1ccc([N+](=O)[O-])cc1. The zero-order valence-corrected chi connectivity index (χ0v) is 11.4. The highest BCUT2D eigenvalue weighted by Gasteiger charge is 2.16. The number of rotatable bonds is 7. The number of carbonyl (C=O) groups excluding carboxylic acids is 1. The highest BCUT2D eigenvalue weighted by molar-refractivity contribution is 5.92. The molecule has 0 saturated carbocycles. The zero-order valence-electron chi connectivity index (χ0n) is 11.4. The van der Waals surface area contributed by atoms with Gasteiger partial charge in [0.25, 0.3) is 5.69 Å². The average Bonchev–Trinajstić information content (AvgIpc) is 2.39. The van der Waals surface area contributed by atoms with Gasteiger partial charge in [-0.05, 0) is 25.0 Å². The van der Waals surface area contributed by atoms with Crippen LogP contribution in [0.15, 0.2) is 24.3 Å². The fourth-order valence-corrected chi connectivity index (χ4v) is 2.01. The van der Waals surface area contributed by atoms with Gasteiger partial charge in [-0.3, -0.25) is 14.9 Å². The lowest BCUT2D eigenvalue weighted by atomic mass is 9.97. The summed E-state index contributed by atoms with van der Waals surface area (Å²) in [6, 6.07) is 5.91. The zero-order chi connectivity index (χ0) is 14.3. The molecular formula is C14H20N2O3. The molecule has 1 N–H and O–H groups in total. The topological polar surface area (TPSA) is 72.2 Å². The van der Waals surface area contributed by atoms with Gasteiger partial charge in [-0.1, -0.05) is 26.7 Å². The molecule has 1 aromatic rings. The number of nitro groups is 1. The minimum Gasteiger partial charge on any atom is -0.326 e. The summed E-state index contributed by atoms with van der Waals surface area (Å²) in [6.45, 7) is 4.11. The number of non-ortho nitro benzene ring substituents is 1. The van der Waals surface area contributed by atoms with E-state index in [9.17, 15) is 14.9 Å². The van der Waals surface area contributed by atoms with Gasteiger partial charge in [-0.25, -0.2) is 0 Å². The molecule has 0 heterocycles. The number of hydrogen-bond acceptors (Lipinski definition) is 3. The van der Waals surface area contributed by atoms with Gasteiger partial charge < -0.3 is 5.32 Å². The van der Waals surface area contributed by atoms with Crippen LogP contribution in [0.5, 0.6) is 0 Å². The van der Waals surface area contributed by atoms with Crippen molar-refractivity contribution in [2.75, 3.05) is 5.32 Å². The van der Waals surface area contributed by atoms with Crippen LogP contribution in [0, 0.1) is 16.0 Å². The van der Waals surface area contributed by atoms with Gasteiger partial charge in [0.1, 0.15) is 0 Å². The molecule has 0 radical (unpaired) electrons. The van der Waals surface area contributed by atoms with Crippen molar-refractivity contribution in [3.05, 3.63) is 34.4 Å². The maximum Gasteiger partial charge on any atom is 0.269 e. The van der Waals surface area contributed by atoms with E-state index in [1.807, 2.05) is 0 Å². The summed E-state index contributed by atoms with van der Waals surface area (Å²) >= 11 is 0. The summed E-state index contributed by atoms with van der Waals surface area (Å²) in [5.74, 6) is 0.0164. The van der Waals surface area contributed by atoms with Crippen LogP contribution in [0.2, 0.25) is 0 Å². The summed E-state index contributed by atoms with van der Waals surface area (Å²) in [5.41, 5.74) is 0.629. The molecule has 0 spiro atoms. The van der Waals surface area contributed by atoms with E-state index in [-0.39, 0.29) is 17.5 Å². The summed E-state index contributed by atoms with van der Waals surface area (Å²) < 4.78 is 0.